The molecular formula is C18H12F3NO2. The topological polar surface area (TPSA) is 38.3 Å². The van der Waals surface area contributed by atoms with Crippen LogP contribution in [0.5, 0.6) is 5.75 Å². The number of amides is 1. The van der Waals surface area contributed by atoms with Crippen LogP contribution in [0.2, 0.25) is 0 Å². The summed E-state index contributed by atoms with van der Waals surface area (Å²) in [5.41, 5.74) is -0.444. The van der Waals surface area contributed by atoms with Crippen LogP contribution in [0, 0.1) is 17.5 Å². The molecule has 0 bridgehead atoms. The van der Waals surface area contributed by atoms with Crippen molar-refractivity contribution in [2.75, 3.05) is 11.9 Å². The van der Waals surface area contributed by atoms with Gasteiger partial charge in [-0.3, -0.25) is 4.79 Å². The number of hydrogen-bond acceptors (Lipinski definition) is 2. The number of carbonyl (C=O) groups excluding carboxylic acids is 1. The van der Waals surface area contributed by atoms with Crippen LogP contribution in [-0.4, -0.2) is 12.5 Å². The summed E-state index contributed by atoms with van der Waals surface area (Å²) in [4.78, 5) is 11.8. The standard InChI is InChI=1S/C18H12F3NO2/c19-14-7-8-15(18(21)17(14)20)22-16(23)10-24-13-6-5-11-3-1-2-4-12(11)9-13/h1-9H,10H2,(H,22,23). The molecule has 122 valence electrons. The van der Waals surface area contributed by atoms with Crippen molar-refractivity contribution in [3.05, 3.63) is 72.0 Å². The summed E-state index contributed by atoms with van der Waals surface area (Å²) in [6.45, 7) is -0.392. The average molecular weight is 331 g/mol. The zero-order valence-electron chi connectivity index (χ0n) is 12.4. The second kappa shape index (κ2) is 6.62. The van der Waals surface area contributed by atoms with Crippen LogP contribution in [0.4, 0.5) is 18.9 Å². The summed E-state index contributed by atoms with van der Waals surface area (Å²) >= 11 is 0. The summed E-state index contributed by atoms with van der Waals surface area (Å²) in [5, 5.41) is 4.11. The van der Waals surface area contributed by atoms with E-state index >= 15 is 0 Å². The van der Waals surface area contributed by atoms with Crippen molar-refractivity contribution in [2.45, 2.75) is 0 Å². The van der Waals surface area contributed by atoms with Crippen LogP contribution in [0.1, 0.15) is 0 Å². The fraction of sp³-hybridized carbons (Fsp3) is 0.0556. The number of anilines is 1. The normalized spacial score (nSPS) is 10.6. The molecule has 1 N–H and O–H groups in total. The van der Waals surface area contributed by atoms with E-state index in [1.165, 1.54) is 0 Å². The Morgan fingerprint density at radius 1 is 0.917 bits per heavy atom. The third-order valence-electron chi connectivity index (χ3n) is 3.40. The van der Waals surface area contributed by atoms with Crippen molar-refractivity contribution >= 4 is 22.4 Å². The molecule has 0 spiro atoms. The maximum absolute atomic E-state index is 13.5. The second-order valence-corrected chi connectivity index (χ2v) is 5.07. The summed E-state index contributed by atoms with van der Waals surface area (Å²) in [5.74, 6) is -4.63. The molecule has 0 aliphatic carbocycles. The minimum atomic E-state index is -1.64. The van der Waals surface area contributed by atoms with Crippen LogP contribution in [-0.2, 0) is 4.79 Å². The highest BCUT2D eigenvalue weighted by molar-refractivity contribution is 5.92. The number of ether oxygens (including phenoxy) is 1. The number of halogens is 3. The molecule has 3 aromatic rings. The van der Waals surface area contributed by atoms with E-state index in [1.54, 1.807) is 12.1 Å². The maximum atomic E-state index is 13.5. The number of rotatable bonds is 4. The van der Waals surface area contributed by atoms with Gasteiger partial charge in [-0.2, -0.15) is 0 Å². The lowest BCUT2D eigenvalue weighted by Crippen LogP contribution is -2.21. The molecule has 3 rings (SSSR count). The first-order valence-electron chi connectivity index (χ1n) is 7.09. The molecule has 0 radical (unpaired) electrons. The van der Waals surface area contributed by atoms with Gasteiger partial charge in [0.05, 0.1) is 5.69 Å². The van der Waals surface area contributed by atoms with E-state index in [9.17, 15) is 18.0 Å². The third kappa shape index (κ3) is 3.32. The molecule has 0 saturated carbocycles. The van der Waals surface area contributed by atoms with Gasteiger partial charge in [0.25, 0.3) is 5.91 Å². The minimum Gasteiger partial charge on any atom is -0.484 e. The van der Waals surface area contributed by atoms with Crippen molar-refractivity contribution in [3.63, 3.8) is 0 Å². The SMILES string of the molecule is O=C(COc1ccc2ccccc2c1)Nc1ccc(F)c(F)c1F. The predicted octanol–water partition coefficient (Wildman–Crippen LogP) is 4.27. The van der Waals surface area contributed by atoms with Gasteiger partial charge < -0.3 is 10.1 Å². The van der Waals surface area contributed by atoms with Gasteiger partial charge in [-0.15, -0.1) is 0 Å². The first kappa shape index (κ1) is 15.9. The fourth-order valence-corrected chi connectivity index (χ4v) is 2.21. The summed E-state index contributed by atoms with van der Waals surface area (Å²) < 4.78 is 44.8. The van der Waals surface area contributed by atoms with E-state index < -0.39 is 35.7 Å². The molecule has 0 aromatic heterocycles. The number of nitrogens with one attached hydrogen (secondary N) is 1. The molecule has 1 amide bonds. The van der Waals surface area contributed by atoms with Crippen LogP contribution in [0.3, 0.4) is 0 Å². The Morgan fingerprint density at radius 2 is 1.67 bits per heavy atom. The molecule has 0 aliphatic heterocycles. The first-order valence-corrected chi connectivity index (χ1v) is 7.09. The Labute approximate surface area is 135 Å². The van der Waals surface area contributed by atoms with Crippen LogP contribution in [0.15, 0.2) is 54.6 Å². The third-order valence-corrected chi connectivity index (χ3v) is 3.40. The number of fused-ring (bicyclic) bond motifs is 1. The molecule has 0 unspecified atom stereocenters. The van der Waals surface area contributed by atoms with Gasteiger partial charge in [-0.25, -0.2) is 13.2 Å². The highest BCUT2D eigenvalue weighted by Gasteiger charge is 2.15. The van der Waals surface area contributed by atoms with Gasteiger partial charge in [0.2, 0.25) is 0 Å². The lowest BCUT2D eigenvalue weighted by atomic mass is 10.1. The van der Waals surface area contributed by atoms with Crippen LogP contribution >= 0.6 is 0 Å². The lowest BCUT2D eigenvalue weighted by Gasteiger charge is -2.09. The van der Waals surface area contributed by atoms with E-state index in [0.717, 1.165) is 22.9 Å². The summed E-state index contributed by atoms with van der Waals surface area (Å²) in [7, 11) is 0. The summed E-state index contributed by atoms with van der Waals surface area (Å²) in [6.07, 6.45) is 0. The van der Waals surface area contributed by atoms with Crippen molar-refractivity contribution < 1.29 is 22.7 Å². The second-order valence-electron chi connectivity index (χ2n) is 5.07. The average Bonchev–Trinajstić information content (AvgIpc) is 2.60. The van der Waals surface area contributed by atoms with Gasteiger partial charge in [0.15, 0.2) is 24.1 Å². The monoisotopic (exact) mass is 331 g/mol. The Kier molecular flexibility index (Phi) is 4.37. The molecule has 3 aromatic carbocycles. The molecule has 24 heavy (non-hydrogen) atoms. The van der Waals surface area contributed by atoms with E-state index in [4.69, 9.17) is 4.74 Å². The summed E-state index contributed by atoms with van der Waals surface area (Å²) in [6, 6.07) is 14.6. The highest BCUT2D eigenvalue weighted by atomic mass is 19.2. The Hall–Kier alpha value is -3.02. The number of carbonyl (C=O) groups is 1. The molecule has 0 aliphatic rings. The van der Waals surface area contributed by atoms with E-state index in [0.29, 0.717) is 5.75 Å². The number of hydrogen-bond donors (Lipinski definition) is 1. The largest absolute Gasteiger partial charge is 0.484 e. The Balaban J connectivity index is 1.65. The van der Waals surface area contributed by atoms with Crippen molar-refractivity contribution in [3.8, 4) is 5.75 Å². The van der Waals surface area contributed by atoms with E-state index in [1.807, 2.05) is 30.3 Å². The zero-order valence-corrected chi connectivity index (χ0v) is 12.4. The van der Waals surface area contributed by atoms with Crippen molar-refractivity contribution in [1.82, 2.24) is 0 Å². The Bertz CT molecular complexity index is 912. The molecule has 0 heterocycles. The zero-order chi connectivity index (χ0) is 17.1. The smallest absolute Gasteiger partial charge is 0.262 e. The van der Waals surface area contributed by atoms with Gasteiger partial charge >= 0.3 is 0 Å². The van der Waals surface area contributed by atoms with E-state index in [-0.39, 0.29) is 0 Å². The van der Waals surface area contributed by atoms with Gasteiger partial charge in [-0.05, 0) is 35.0 Å². The Morgan fingerprint density at radius 3 is 2.46 bits per heavy atom. The minimum absolute atomic E-state index is 0.392. The van der Waals surface area contributed by atoms with Crippen LogP contribution < -0.4 is 10.1 Å². The van der Waals surface area contributed by atoms with E-state index in [2.05, 4.69) is 5.32 Å². The maximum Gasteiger partial charge on any atom is 0.262 e. The molecule has 0 atom stereocenters. The lowest BCUT2D eigenvalue weighted by molar-refractivity contribution is -0.118. The predicted molar refractivity (Wildman–Crippen MR) is 84.4 cm³/mol. The van der Waals surface area contributed by atoms with Gasteiger partial charge in [0.1, 0.15) is 5.75 Å². The molecule has 3 nitrogen and oxygen atoms in total. The van der Waals surface area contributed by atoms with Gasteiger partial charge in [-0.1, -0.05) is 30.3 Å². The number of benzene rings is 3. The fourth-order valence-electron chi connectivity index (χ4n) is 2.21. The molecule has 0 saturated heterocycles. The van der Waals surface area contributed by atoms with Gasteiger partial charge in [0, 0.05) is 0 Å². The quantitative estimate of drug-likeness (QED) is 0.725. The molecular weight excluding hydrogens is 319 g/mol. The molecule has 0 fully saturated rings. The highest BCUT2D eigenvalue weighted by Crippen LogP contribution is 2.21. The van der Waals surface area contributed by atoms with Crippen LogP contribution in [0.25, 0.3) is 10.8 Å². The van der Waals surface area contributed by atoms with Crippen molar-refractivity contribution in [2.24, 2.45) is 0 Å². The van der Waals surface area contributed by atoms with Crippen molar-refractivity contribution in [1.29, 1.82) is 0 Å². The molecule has 6 heteroatoms. The first-order chi connectivity index (χ1) is 11.5.